The van der Waals surface area contributed by atoms with Crippen LogP contribution in [0, 0.1) is 6.92 Å². The highest BCUT2D eigenvalue weighted by molar-refractivity contribution is 5.68. The van der Waals surface area contributed by atoms with Crippen LogP contribution < -0.4 is 10.5 Å². The largest absolute Gasteiger partial charge is 0.493 e. The van der Waals surface area contributed by atoms with E-state index in [9.17, 15) is 9.90 Å². The molecule has 0 spiro atoms. The number of aromatic nitrogens is 2. The molecule has 1 aromatic carbocycles. The molecule has 0 saturated carbocycles. The normalized spacial score (nSPS) is 15.2. The lowest BCUT2D eigenvalue weighted by molar-refractivity contribution is 0.451. The number of aromatic hydroxyl groups is 1. The van der Waals surface area contributed by atoms with Gasteiger partial charge in [-0.3, -0.25) is 9.78 Å². The number of H-pyrrole nitrogens is 1. The third-order valence-electron chi connectivity index (χ3n) is 3.85. The summed E-state index contributed by atoms with van der Waals surface area (Å²) in [4.78, 5) is 21.3. The fourth-order valence-electron chi connectivity index (χ4n) is 2.77. The Bertz CT molecular complexity index is 703. The molecule has 0 radical (unpaired) electrons. The summed E-state index contributed by atoms with van der Waals surface area (Å²) in [5.41, 5.74) is 1.66. The van der Waals surface area contributed by atoms with Crippen molar-refractivity contribution in [1.29, 1.82) is 0 Å². The summed E-state index contributed by atoms with van der Waals surface area (Å²) >= 11 is 0. The van der Waals surface area contributed by atoms with Crippen molar-refractivity contribution in [2.75, 3.05) is 18.0 Å². The molecule has 1 saturated heterocycles. The number of benzene rings is 1. The monoisotopic (exact) mass is 285 g/mol. The Morgan fingerprint density at radius 1 is 1.24 bits per heavy atom. The lowest BCUT2D eigenvalue weighted by atomic mass is 10.1. The van der Waals surface area contributed by atoms with E-state index in [0.29, 0.717) is 11.5 Å². The Hall–Kier alpha value is -2.30. The molecule has 2 heterocycles. The van der Waals surface area contributed by atoms with Crippen LogP contribution in [0.2, 0.25) is 0 Å². The number of anilines is 1. The van der Waals surface area contributed by atoms with Gasteiger partial charge in [0.15, 0.2) is 0 Å². The molecule has 5 nitrogen and oxygen atoms in total. The van der Waals surface area contributed by atoms with E-state index in [1.165, 1.54) is 6.42 Å². The second-order valence-corrected chi connectivity index (χ2v) is 5.51. The molecule has 5 heteroatoms. The minimum atomic E-state index is -0.298. The van der Waals surface area contributed by atoms with Gasteiger partial charge >= 0.3 is 0 Å². The zero-order chi connectivity index (χ0) is 14.8. The van der Waals surface area contributed by atoms with Crippen LogP contribution in [0.15, 0.2) is 29.1 Å². The van der Waals surface area contributed by atoms with Crippen molar-refractivity contribution in [3.8, 4) is 17.0 Å². The van der Waals surface area contributed by atoms with E-state index in [2.05, 4.69) is 9.97 Å². The van der Waals surface area contributed by atoms with Crippen molar-refractivity contribution in [2.45, 2.75) is 26.2 Å². The van der Waals surface area contributed by atoms with Gasteiger partial charge in [-0.05, 0) is 31.7 Å². The maximum Gasteiger partial charge on any atom is 0.264 e. The average molecular weight is 285 g/mol. The molecule has 0 bridgehead atoms. The minimum absolute atomic E-state index is 0.204. The minimum Gasteiger partial charge on any atom is -0.493 e. The van der Waals surface area contributed by atoms with E-state index in [1.54, 1.807) is 6.07 Å². The molecule has 21 heavy (non-hydrogen) atoms. The van der Waals surface area contributed by atoms with Gasteiger partial charge in [0.25, 0.3) is 5.56 Å². The second-order valence-electron chi connectivity index (χ2n) is 5.51. The number of rotatable bonds is 2. The molecule has 1 aliphatic rings. The maximum absolute atomic E-state index is 12.3. The van der Waals surface area contributed by atoms with Crippen LogP contribution in [0.3, 0.4) is 0 Å². The van der Waals surface area contributed by atoms with E-state index in [1.807, 2.05) is 30.0 Å². The molecule has 110 valence electrons. The number of nitrogens with zero attached hydrogens (tertiary/aromatic N) is 2. The van der Waals surface area contributed by atoms with Crippen molar-refractivity contribution in [3.05, 3.63) is 40.2 Å². The molecular weight excluding hydrogens is 266 g/mol. The van der Waals surface area contributed by atoms with Gasteiger partial charge in [0.05, 0.1) is 0 Å². The van der Waals surface area contributed by atoms with Gasteiger partial charge in [0.1, 0.15) is 5.56 Å². The topological polar surface area (TPSA) is 69.2 Å². The molecule has 1 aromatic heterocycles. The number of piperidine rings is 1. The summed E-state index contributed by atoms with van der Waals surface area (Å²) in [6.45, 7) is 3.68. The number of aryl methyl sites for hydroxylation is 1. The van der Waals surface area contributed by atoms with Gasteiger partial charge in [0, 0.05) is 13.1 Å². The number of nitrogens with one attached hydrogen (secondary N) is 1. The van der Waals surface area contributed by atoms with E-state index < -0.39 is 0 Å². The van der Waals surface area contributed by atoms with Crippen LogP contribution in [-0.2, 0) is 0 Å². The first-order valence-corrected chi connectivity index (χ1v) is 7.30. The van der Waals surface area contributed by atoms with Gasteiger partial charge < -0.3 is 10.0 Å². The zero-order valence-electron chi connectivity index (χ0n) is 12.1. The molecule has 0 amide bonds. The quantitative estimate of drug-likeness (QED) is 0.889. The fourth-order valence-corrected chi connectivity index (χ4v) is 2.77. The zero-order valence-corrected chi connectivity index (χ0v) is 12.1. The maximum atomic E-state index is 12.3. The summed E-state index contributed by atoms with van der Waals surface area (Å²) in [5, 5.41) is 10.2. The average Bonchev–Trinajstić information content (AvgIpc) is 2.47. The van der Waals surface area contributed by atoms with Gasteiger partial charge in [-0.25, -0.2) is 0 Å². The summed E-state index contributed by atoms with van der Waals surface area (Å²) in [6, 6.07) is 7.48. The molecule has 0 aliphatic carbocycles. The molecule has 1 fully saturated rings. The predicted molar refractivity (Wildman–Crippen MR) is 82.8 cm³/mol. The van der Waals surface area contributed by atoms with Crippen molar-refractivity contribution >= 4 is 5.95 Å². The van der Waals surface area contributed by atoms with Crippen molar-refractivity contribution in [2.24, 2.45) is 0 Å². The first-order chi connectivity index (χ1) is 10.1. The molecule has 1 aliphatic heterocycles. The van der Waals surface area contributed by atoms with Crippen molar-refractivity contribution < 1.29 is 5.11 Å². The Morgan fingerprint density at radius 2 is 2.00 bits per heavy atom. The Labute approximate surface area is 123 Å². The Kier molecular flexibility index (Phi) is 3.64. The third kappa shape index (κ3) is 2.77. The van der Waals surface area contributed by atoms with Gasteiger partial charge in [-0.2, -0.15) is 4.98 Å². The highest BCUT2D eigenvalue weighted by Crippen LogP contribution is 2.26. The van der Waals surface area contributed by atoms with Crippen LogP contribution >= 0.6 is 0 Å². The third-order valence-corrected chi connectivity index (χ3v) is 3.85. The molecule has 2 N–H and O–H groups in total. The Balaban J connectivity index is 2.02. The Morgan fingerprint density at radius 3 is 2.67 bits per heavy atom. The predicted octanol–water partition coefficient (Wildman–Crippen LogP) is 2.44. The first kappa shape index (κ1) is 13.7. The second kappa shape index (κ2) is 5.60. The molecular formula is C16H19N3O2. The van der Waals surface area contributed by atoms with Gasteiger partial charge in [0.2, 0.25) is 11.8 Å². The SMILES string of the molecule is Cc1cccc(-c2c(O)nc(N3CCCCC3)[nH]c2=O)c1. The standard InChI is InChI=1S/C16H19N3O2/c1-11-6-5-7-12(10-11)13-14(20)17-16(18-15(13)21)19-8-3-2-4-9-19/h5-7,10H,2-4,8-9H2,1H3,(H2,17,18,20,21). The van der Waals surface area contributed by atoms with Crippen molar-refractivity contribution in [3.63, 3.8) is 0 Å². The van der Waals surface area contributed by atoms with Crippen LogP contribution in [-0.4, -0.2) is 28.2 Å². The van der Waals surface area contributed by atoms with Crippen LogP contribution in [0.4, 0.5) is 5.95 Å². The van der Waals surface area contributed by atoms with Gasteiger partial charge in [-0.15, -0.1) is 0 Å². The fraction of sp³-hybridized carbons (Fsp3) is 0.375. The van der Waals surface area contributed by atoms with E-state index in [4.69, 9.17) is 0 Å². The number of hydrogen-bond donors (Lipinski definition) is 2. The first-order valence-electron chi connectivity index (χ1n) is 7.30. The van der Waals surface area contributed by atoms with Crippen LogP contribution in [0.1, 0.15) is 24.8 Å². The van der Waals surface area contributed by atoms with E-state index >= 15 is 0 Å². The molecule has 3 rings (SSSR count). The smallest absolute Gasteiger partial charge is 0.264 e. The van der Waals surface area contributed by atoms with Crippen molar-refractivity contribution in [1.82, 2.24) is 9.97 Å². The van der Waals surface area contributed by atoms with Gasteiger partial charge in [-0.1, -0.05) is 29.8 Å². The van der Waals surface area contributed by atoms with Crippen LogP contribution in [0.25, 0.3) is 11.1 Å². The molecule has 0 atom stereocenters. The van der Waals surface area contributed by atoms with E-state index in [0.717, 1.165) is 31.5 Å². The summed E-state index contributed by atoms with van der Waals surface area (Å²) in [5.74, 6) is 0.263. The molecule has 2 aromatic rings. The van der Waals surface area contributed by atoms with E-state index in [-0.39, 0.29) is 17.0 Å². The summed E-state index contributed by atoms with van der Waals surface area (Å²) in [6.07, 6.45) is 3.38. The number of aromatic amines is 1. The lowest BCUT2D eigenvalue weighted by Gasteiger charge is -2.27. The molecule has 0 unspecified atom stereocenters. The van der Waals surface area contributed by atoms with Crippen LogP contribution in [0.5, 0.6) is 5.88 Å². The lowest BCUT2D eigenvalue weighted by Crippen LogP contribution is -2.32. The highest BCUT2D eigenvalue weighted by atomic mass is 16.3. The number of hydrogen-bond acceptors (Lipinski definition) is 4. The summed E-state index contributed by atoms with van der Waals surface area (Å²) < 4.78 is 0. The highest BCUT2D eigenvalue weighted by Gasteiger charge is 2.18. The summed E-state index contributed by atoms with van der Waals surface area (Å²) in [7, 11) is 0.